The van der Waals surface area contributed by atoms with E-state index in [1.165, 1.54) is 11.9 Å². The lowest BCUT2D eigenvalue weighted by Crippen LogP contribution is -2.39. The molecule has 0 saturated carbocycles. The number of hydrogen-bond acceptors (Lipinski definition) is 5. The van der Waals surface area contributed by atoms with Crippen LogP contribution >= 0.6 is 0 Å². The number of amides is 1. The van der Waals surface area contributed by atoms with Crippen LogP contribution in [0.4, 0.5) is 11.5 Å². The molecular weight excluding hydrogens is 352 g/mol. The summed E-state index contributed by atoms with van der Waals surface area (Å²) in [5, 5.41) is 7.47. The number of rotatable bonds is 3. The molecule has 1 fully saturated rings. The second kappa shape index (κ2) is 7.22. The zero-order valence-corrected chi connectivity index (χ0v) is 16.9. The standard InChI is InChI=1S/C21H26N6O/c1-13-6-5-7-18(14(13)2)25-19(28)17-8-10-26(11-9-17)20-15(3)16(4)24-21-22-12-23-27(20)21/h5-7,12,17H,8-11H2,1-4H3,(H,25,28). The van der Waals surface area contributed by atoms with Crippen LogP contribution in [0, 0.1) is 33.6 Å². The number of hydrogen-bond donors (Lipinski definition) is 1. The van der Waals surface area contributed by atoms with Crippen molar-refractivity contribution in [2.45, 2.75) is 40.5 Å². The molecule has 3 heterocycles. The highest BCUT2D eigenvalue weighted by molar-refractivity contribution is 5.93. The van der Waals surface area contributed by atoms with Crippen molar-refractivity contribution in [3.05, 3.63) is 46.9 Å². The Kier molecular flexibility index (Phi) is 4.75. The van der Waals surface area contributed by atoms with Crippen LogP contribution in [0.15, 0.2) is 24.5 Å². The second-order valence-electron chi connectivity index (χ2n) is 7.62. The molecule has 0 atom stereocenters. The van der Waals surface area contributed by atoms with Crippen molar-refractivity contribution in [2.75, 3.05) is 23.3 Å². The molecule has 1 N–H and O–H groups in total. The molecule has 0 spiro atoms. The molecule has 0 bridgehead atoms. The molecule has 28 heavy (non-hydrogen) atoms. The maximum absolute atomic E-state index is 12.8. The van der Waals surface area contributed by atoms with Crippen LogP contribution in [0.25, 0.3) is 5.78 Å². The van der Waals surface area contributed by atoms with Crippen molar-refractivity contribution in [1.82, 2.24) is 19.6 Å². The lowest BCUT2D eigenvalue weighted by molar-refractivity contribution is -0.120. The summed E-state index contributed by atoms with van der Waals surface area (Å²) in [6.45, 7) is 9.79. The molecule has 7 heteroatoms. The third kappa shape index (κ3) is 3.21. The maximum Gasteiger partial charge on any atom is 0.254 e. The summed E-state index contributed by atoms with van der Waals surface area (Å²) < 4.78 is 1.80. The molecule has 1 aliphatic rings. The highest BCUT2D eigenvalue weighted by Crippen LogP contribution is 2.28. The number of aromatic nitrogens is 4. The quantitative estimate of drug-likeness (QED) is 0.757. The van der Waals surface area contributed by atoms with Gasteiger partial charge in [0.1, 0.15) is 12.1 Å². The van der Waals surface area contributed by atoms with E-state index in [0.717, 1.165) is 54.3 Å². The van der Waals surface area contributed by atoms with E-state index >= 15 is 0 Å². The largest absolute Gasteiger partial charge is 0.356 e. The van der Waals surface area contributed by atoms with E-state index < -0.39 is 0 Å². The number of nitrogens with zero attached hydrogens (tertiary/aromatic N) is 5. The molecule has 0 unspecified atom stereocenters. The fraction of sp³-hybridized carbons (Fsp3) is 0.429. The summed E-state index contributed by atoms with van der Waals surface area (Å²) in [5.74, 6) is 1.79. The molecule has 1 saturated heterocycles. The van der Waals surface area contributed by atoms with Crippen molar-refractivity contribution in [2.24, 2.45) is 5.92 Å². The fourth-order valence-electron chi connectivity index (χ4n) is 3.86. The van der Waals surface area contributed by atoms with Gasteiger partial charge in [0, 0.05) is 36.0 Å². The second-order valence-corrected chi connectivity index (χ2v) is 7.62. The first kappa shape index (κ1) is 18.4. The van der Waals surface area contributed by atoms with Gasteiger partial charge in [0.25, 0.3) is 5.78 Å². The number of carbonyl (C=O) groups is 1. The summed E-state index contributed by atoms with van der Waals surface area (Å²) in [7, 11) is 0. The van der Waals surface area contributed by atoms with Crippen molar-refractivity contribution < 1.29 is 4.79 Å². The van der Waals surface area contributed by atoms with Crippen LogP contribution in [0.5, 0.6) is 0 Å². The van der Waals surface area contributed by atoms with Crippen molar-refractivity contribution in [1.29, 1.82) is 0 Å². The molecule has 3 aromatic rings. The minimum Gasteiger partial charge on any atom is -0.356 e. The Labute approximate surface area is 164 Å². The summed E-state index contributed by atoms with van der Waals surface area (Å²) in [5.41, 5.74) is 5.30. The van der Waals surface area contributed by atoms with Gasteiger partial charge in [-0.2, -0.15) is 14.6 Å². The van der Waals surface area contributed by atoms with Gasteiger partial charge in [-0.15, -0.1) is 0 Å². The van der Waals surface area contributed by atoms with Gasteiger partial charge < -0.3 is 10.2 Å². The summed E-state index contributed by atoms with van der Waals surface area (Å²) >= 11 is 0. The van der Waals surface area contributed by atoms with E-state index in [1.807, 2.05) is 26.0 Å². The van der Waals surface area contributed by atoms with Crippen molar-refractivity contribution in [3.63, 3.8) is 0 Å². The van der Waals surface area contributed by atoms with E-state index in [-0.39, 0.29) is 11.8 Å². The van der Waals surface area contributed by atoms with Crippen LogP contribution in [-0.2, 0) is 4.79 Å². The molecule has 7 nitrogen and oxygen atoms in total. The fourth-order valence-corrected chi connectivity index (χ4v) is 3.86. The molecule has 0 aliphatic carbocycles. The van der Waals surface area contributed by atoms with Crippen LogP contribution in [-0.4, -0.2) is 38.6 Å². The summed E-state index contributed by atoms with van der Waals surface area (Å²) in [4.78, 5) is 23.8. The smallest absolute Gasteiger partial charge is 0.254 e. The topological polar surface area (TPSA) is 75.4 Å². The van der Waals surface area contributed by atoms with Gasteiger partial charge in [0.05, 0.1) is 0 Å². The highest BCUT2D eigenvalue weighted by atomic mass is 16.1. The van der Waals surface area contributed by atoms with Crippen LogP contribution in [0.1, 0.15) is 35.2 Å². The van der Waals surface area contributed by atoms with Crippen LogP contribution in [0.2, 0.25) is 0 Å². The SMILES string of the molecule is Cc1cccc(NC(=O)C2CCN(c3c(C)c(C)nc4ncnn34)CC2)c1C. The summed E-state index contributed by atoms with van der Waals surface area (Å²) in [6, 6.07) is 6.02. The molecule has 2 aromatic heterocycles. The third-order valence-electron chi connectivity index (χ3n) is 5.90. The van der Waals surface area contributed by atoms with E-state index in [1.54, 1.807) is 4.52 Å². The number of nitrogens with one attached hydrogen (secondary N) is 1. The van der Waals surface area contributed by atoms with Gasteiger partial charge >= 0.3 is 0 Å². The van der Waals surface area contributed by atoms with Crippen LogP contribution < -0.4 is 10.2 Å². The predicted octanol–water partition coefficient (Wildman–Crippen LogP) is 3.21. The minimum atomic E-state index is 0.0191. The van der Waals surface area contributed by atoms with E-state index in [4.69, 9.17) is 0 Å². The van der Waals surface area contributed by atoms with Crippen molar-refractivity contribution in [3.8, 4) is 0 Å². The molecular formula is C21H26N6O. The van der Waals surface area contributed by atoms with E-state index in [9.17, 15) is 4.79 Å². The van der Waals surface area contributed by atoms with Gasteiger partial charge in [-0.25, -0.2) is 4.98 Å². The Morgan fingerprint density at radius 2 is 1.86 bits per heavy atom. The first-order valence-electron chi connectivity index (χ1n) is 9.74. The lowest BCUT2D eigenvalue weighted by Gasteiger charge is -2.34. The predicted molar refractivity (Wildman–Crippen MR) is 110 cm³/mol. The molecule has 146 valence electrons. The molecule has 1 amide bonds. The lowest BCUT2D eigenvalue weighted by atomic mass is 9.95. The number of benzene rings is 1. The number of aryl methyl sites for hydroxylation is 2. The molecule has 1 aliphatic heterocycles. The Morgan fingerprint density at radius 1 is 1.11 bits per heavy atom. The molecule has 0 radical (unpaired) electrons. The number of fused-ring (bicyclic) bond motifs is 1. The average Bonchev–Trinajstić information content (AvgIpc) is 3.14. The molecule has 4 rings (SSSR count). The maximum atomic E-state index is 12.8. The highest BCUT2D eigenvalue weighted by Gasteiger charge is 2.28. The van der Waals surface area contributed by atoms with Gasteiger partial charge in [-0.05, 0) is 57.7 Å². The van der Waals surface area contributed by atoms with Gasteiger partial charge in [0.15, 0.2) is 0 Å². The Hall–Kier alpha value is -2.96. The Bertz CT molecular complexity index is 1030. The van der Waals surface area contributed by atoms with E-state index in [2.05, 4.69) is 45.2 Å². The first-order chi connectivity index (χ1) is 13.5. The van der Waals surface area contributed by atoms with Crippen molar-refractivity contribution >= 4 is 23.2 Å². The Balaban J connectivity index is 1.48. The average molecular weight is 378 g/mol. The number of anilines is 2. The van der Waals surface area contributed by atoms with Gasteiger partial charge in [-0.1, -0.05) is 12.1 Å². The van der Waals surface area contributed by atoms with Gasteiger partial charge in [-0.3, -0.25) is 4.79 Å². The monoisotopic (exact) mass is 378 g/mol. The molecule has 1 aromatic carbocycles. The Morgan fingerprint density at radius 3 is 2.61 bits per heavy atom. The van der Waals surface area contributed by atoms with E-state index in [0.29, 0.717) is 5.78 Å². The number of carbonyl (C=O) groups excluding carboxylic acids is 1. The van der Waals surface area contributed by atoms with Crippen LogP contribution in [0.3, 0.4) is 0 Å². The first-order valence-corrected chi connectivity index (χ1v) is 9.74. The zero-order chi connectivity index (χ0) is 19.8. The third-order valence-corrected chi connectivity index (χ3v) is 5.90. The normalized spacial score (nSPS) is 15.2. The number of piperidine rings is 1. The zero-order valence-electron chi connectivity index (χ0n) is 16.9. The summed E-state index contributed by atoms with van der Waals surface area (Å²) in [6.07, 6.45) is 3.16. The minimum absolute atomic E-state index is 0.0191. The van der Waals surface area contributed by atoms with Gasteiger partial charge in [0.2, 0.25) is 5.91 Å².